The minimum absolute atomic E-state index is 0.0505. The third kappa shape index (κ3) is 2.99. The zero-order valence-corrected chi connectivity index (χ0v) is 15.8. The maximum atomic E-state index is 12.6. The van der Waals surface area contributed by atoms with Crippen molar-refractivity contribution >= 4 is 5.97 Å². The summed E-state index contributed by atoms with van der Waals surface area (Å²) < 4.78 is 6.63. The van der Waals surface area contributed by atoms with E-state index in [2.05, 4.69) is 47.0 Å². The van der Waals surface area contributed by atoms with Crippen LogP contribution in [-0.2, 0) is 16.1 Å². The number of ether oxygens (including phenoxy) is 1. The summed E-state index contributed by atoms with van der Waals surface area (Å²) in [5, 5.41) is 0. The van der Waals surface area contributed by atoms with Crippen LogP contribution in [0.5, 0.6) is 0 Å². The standard InChI is InChI=1S/C21H32NO2/c1-20(2)17-11-12-21(20,3)18(13-17)24-19(23)15-22(4,5)14-16-9-7-6-8-10-16/h6-10,17-18H,11-15H2,1-5H3/q+1/t17-,18-,21+/m0/s1. The lowest BCUT2D eigenvalue weighted by Gasteiger charge is -2.39. The van der Waals surface area contributed by atoms with Gasteiger partial charge < -0.3 is 9.22 Å². The zero-order valence-electron chi connectivity index (χ0n) is 15.8. The number of benzene rings is 1. The SMILES string of the molecule is CC1(C)[C@H]2CC[C@]1(C)[C@@H](OC(=O)C[N+](C)(C)Cc1ccccc1)C2. The van der Waals surface area contributed by atoms with Crippen molar-refractivity contribution in [1.29, 1.82) is 0 Å². The number of quaternary nitrogens is 1. The van der Waals surface area contributed by atoms with Crippen LogP contribution >= 0.6 is 0 Å². The minimum atomic E-state index is -0.0505. The molecule has 0 N–H and O–H groups in total. The summed E-state index contributed by atoms with van der Waals surface area (Å²) in [6.45, 7) is 8.29. The van der Waals surface area contributed by atoms with Crippen molar-refractivity contribution in [1.82, 2.24) is 0 Å². The van der Waals surface area contributed by atoms with Crippen molar-refractivity contribution < 1.29 is 14.0 Å². The molecule has 2 fully saturated rings. The van der Waals surface area contributed by atoms with E-state index in [9.17, 15) is 4.79 Å². The molecular weight excluding hydrogens is 298 g/mol. The van der Waals surface area contributed by atoms with E-state index in [0.29, 0.717) is 16.9 Å². The highest BCUT2D eigenvalue weighted by atomic mass is 16.5. The Bertz CT molecular complexity index is 608. The van der Waals surface area contributed by atoms with Gasteiger partial charge in [-0.1, -0.05) is 51.1 Å². The lowest BCUT2D eigenvalue weighted by Crippen LogP contribution is -2.46. The Labute approximate surface area is 146 Å². The first-order valence-corrected chi connectivity index (χ1v) is 9.19. The summed E-state index contributed by atoms with van der Waals surface area (Å²) in [7, 11) is 4.20. The molecular formula is C21H32NO2+. The van der Waals surface area contributed by atoms with Gasteiger partial charge in [0, 0.05) is 11.0 Å². The Morgan fingerprint density at radius 1 is 1.21 bits per heavy atom. The molecule has 0 radical (unpaired) electrons. The Morgan fingerprint density at radius 3 is 2.42 bits per heavy atom. The lowest BCUT2D eigenvalue weighted by atomic mass is 9.70. The van der Waals surface area contributed by atoms with Gasteiger partial charge in [-0.3, -0.25) is 0 Å². The molecule has 0 heterocycles. The summed E-state index contributed by atoms with van der Waals surface area (Å²) >= 11 is 0. The van der Waals surface area contributed by atoms with Gasteiger partial charge in [0.15, 0.2) is 6.54 Å². The van der Waals surface area contributed by atoms with Crippen molar-refractivity contribution in [3.05, 3.63) is 35.9 Å². The number of hydrogen-bond donors (Lipinski definition) is 0. The first-order chi connectivity index (χ1) is 11.1. The van der Waals surface area contributed by atoms with Gasteiger partial charge >= 0.3 is 5.97 Å². The lowest BCUT2D eigenvalue weighted by molar-refractivity contribution is -0.896. The Kier molecular flexibility index (Phi) is 4.28. The highest BCUT2D eigenvalue weighted by Gasteiger charge is 2.62. The van der Waals surface area contributed by atoms with Crippen LogP contribution < -0.4 is 0 Å². The van der Waals surface area contributed by atoms with Gasteiger partial charge in [0.05, 0.1) is 14.1 Å². The molecule has 2 aliphatic rings. The number of nitrogens with zero attached hydrogens (tertiary/aromatic N) is 1. The van der Waals surface area contributed by atoms with E-state index in [-0.39, 0.29) is 22.9 Å². The van der Waals surface area contributed by atoms with Crippen molar-refractivity contribution in [2.75, 3.05) is 20.6 Å². The van der Waals surface area contributed by atoms with Gasteiger partial charge in [-0.15, -0.1) is 0 Å². The largest absolute Gasteiger partial charge is 0.458 e. The molecule has 0 amide bonds. The molecule has 3 rings (SSSR count). The number of rotatable bonds is 5. The van der Waals surface area contributed by atoms with E-state index in [1.807, 2.05) is 18.2 Å². The second-order valence-electron chi connectivity index (χ2n) is 9.33. The normalized spacial score (nSPS) is 31.2. The van der Waals surface area contributed by atoms with Gasteiger partial charge in [-0.05, 0) is 30.6 Å². The summed E-state index contributed by atoms with van der Waals surface area (Å²) in [5.41, 5.74) is 1.68. The Balaban J connectivity index is 1.60. The van der Waals surface area contributed by atoms with Crippen LogP contribution in [0.25, 0.3) is 0 Å². The fourth-order valence-electron chi connectivity index (χ4n) is 4.99. The number of fused-ring (bicyclic) bond motifs is 2. The number of hydrogen-bond acceptors (Lipinski definition) is 2. The quantitative estimate of drug-likeness (QED) is 0.602. The highest BCUT2D eigenvalue weighted by Crippen LogP contribution is 2.66. The van der Waals surface area contributed by atoms with E-state index in [4.69, 9.17) is 4.74 Å². The van der Waals surface area contributed by atoms with Crippen LogP contribution in [0.3, 0.4) is 0 Å². The second kappa shape index (κ2) is 5.87. The van der Waals surface area contributed by atoms with Crippen molar-refractivity contribution in [3.63, 3.8) is 0 Å². The van der Waals surface area contributed by atoms with Crippen LogP contribution in [0.15, 0.2) is 30.3 Å². The third-order valence-corrected chi connectivity index (χ3v) is 7.00. The van der Waals surface area contributed by atoms with Gasteiger partial charge in [0.1, 0.15) is 12.6 Å². The summed E-state index contributed by atoms with van der Waals surface area (Å²) in [4.78, 5) is 12.6. The first-order valence-electron chi connectivity index (χ1n) is 9.19. The topological polar surface area (TPSA) is 26.3 Å². The van der Waals surface area contributed by atoms with Gasteiger partial charge in [-0.25, -0.2) is 4.79 Å². The van der Waals surface area contributed by atoms with Crippen molar-refractivity contribution in [2.24, 2.45) is 16.7 Å². The molecule has 0 aliphatic heterocycles. The van der Waals surface area contributed by atoms with E-state index in [0.717, 1.165) is 13.0 Å². The van der Waals surface area contributed by atoms with Crippen LogP contribution in [0.2, 0.25) is 0 Å². The predicted octanol–water partition coefficient (Wildman–Crippen LogP) is 4.02. The molecule has 1 aromatic rings. The molecule has 3 nitrogen and oxygen atoms in total. The van der Waals surface area contributed by atoms with Gasteiger partial charge in [-0.2, -0.15) is 0 Å². The number of esters is 1. The van der Waals surface area contributed by atoms with E-state index in [1.54, 1.807) is 0 Å². The van der Waals surface area contributed by atoms with Crippen LogP contribution in [0.4, 0.5) is 0 Å². The maximum absolute atomic E-state index is 12.6. The molecule has 2 bridgehead atoms. The smallest absolute Gasteiger partial charge is 0.362 e. The van der Waals surface area contributed by atoms with Crippen molar-refractivity contribution in [3.8, 4) is 0 Å². The van der Waals surface area contributed by atoms with Crippen LogP contribution in [-0.4, -0.2) is 37.2 Å². The van der Waals surface area contributed by atoms with E-state index >= 15 is 0 Å². The molecule has 0 unspecified atom stereocenters. The number of carbonyl (C=O) groups excluding carboxylic acids is 1. The van der Waals surface area contributed by atoms with Gasteiger partial charge in [0.2, 0.25) is 0 Å². The second-order valence-corrected chi connectivity index (χ2v) is 9.33. The average Bonchev–Trinajstić information content (AvgIpc) is 2.80. The highest BCUT2D eigenvalue weighted by molar-refractivity contribution is 5.71. The van der Waals surface area contributed by atoms with Crippen LogP contribution in [0.1, 0.15) is 45.6 Å². The maximum Gasteiger partial charge on any atom is 0.362 e. The minimum Gasteiger partial charge on any atom is -0.458 e. The predicted molar refractivity (Wildman–Crippen MR) is 96.2 cm³/mol. The number of carbonyl (C=O) groups is 1. The Hall–Kier alpha value is -1.35. The molecule has 0 saturated heterocycles. The monoisotopic (exact) mass is 330 g/mol. The Morgan fingerprint density at radius 2 is 1.88 bits per heavy atom. The average molecular weight is 330 g/mol. The van der Waals surface area contributed by atoms with Crippen LogP contribution in [0, 0.1) is 16.7 Å². The van der Waals surface area contributed by atoms with E-state index < -0.39 is 0 Å². The zero-order chi connectivity index (χ0) is 17.6. The third-order valence-electron chi connectivity index (χ3n) is 7.00. The molecule has 0 aromatic heterocycles. The molecule has 3 heteroatoms. The molecule has 132 valence electrons. The molecule has 3 atom stereocenters. The first kappa shape index (κ1) is 17.5. The summed E-state index contributed by atoms with van der Waals surface area (Å²) in [6.07, 6.45) is 3.61. The van der Waals surface area contributed by atoms with Gasteiger partial charge in [0.25, 0.3) is 0 Å². The molecule has 24 heavy (non-hydrogen) atoms. The fourth-order valence-corrected chi connectivity index (χ4v) is 4.99. The molecule has 0 spiro atoms. The molecule has 2 aliphatic carbocycles. The fraction of sp³-hybridized carbons (Fsp3) is 0.667. The molecule has 2 saturated carbocycles. The molecule has 1 aromatic carbocycles. The van der Waals surface area contributed by atoms with E-state index in [1.165, 1.54) is 18.4 Å². The summed E-state index contributed by atoms with van der Waals surface area (Å²) in [6, 6.07) is 10.3. The summed E-state index contributed by atoms with van der Waals surface area (Å²) in [5.74, 6) is 0.651. The number of likely N-dealkylation sites (N-methyl/N-ethyl adjacent to an activating group) is 1. The van der Waals surface area contributed by atoms with Crippen molar-refractivity contribution in [2.45, 2.75) is 52.7 Å².